The van der Waals surface area contributed by atoms with E-state index < -0.39 is 29.7 Å². The van der Waals surface area contributed by atoms with E-state index in [1.54, 1.807) is 0 Å². The van der Waals surface area contributed by atoms with Crippen molar-refractivity contribution in [2.24, 2.45) is 5.92 Å². The molecule has 0 saturated heterocycles. The van der Waals surface area contributed by atoms with E-state index in [2.05, 4.69) is 6.04 Å². The molecule has 0 aliphatic carbocycles. The van der Waals surface area contributed by atoms with Crippen molar-refractivity contribution < 1.29 is 22.7 Å². The van der Waals surface area contributed by atoms with Crippen molar-refractivity contribution in [3.05, 3.63) is 28.8 Å². The van der Waals surface area contributed by atoms with Gasteiger partial charge in [-0.15, -0.1) is 0 Å². The van der Waals surface area contributed by atoms with Gasteiger partial charge in [0.05, 0.1) is 5.69 Å². The lowest BCUT2D eigenvalue weighted by molar-refractivity contribution is -0.308. The SMILES string of the molecule is C#CN1C(=O)[C@H](C)O[C@](C(C)C)(C(F)(F)F)c2cc(Cl)ccc21. The second-order valence-electron chi connectivity index (χ2n) is 5.61. The molecule has 1 amide bonds. The summed E-state index contributed by atoms with van der Waals surface area (Å²) in [5.41, 5.74) is -2.99. The number of benzene rings is 1. The van der Waals surface area contributed by atoms with Crippen LogP contribution in [0.2, 0.25) is 5.02 Å². The minimum atomic E-state index is -4.76. The number of terminal acetylenes is 1. The maximum atomic E-state index is 14.0. The Morgan fingerprint density at radius 2 is 2.04 bits per heavy atom. The van der Waals surface area contributed by atoms with Gasteiger partial charge in [-0.05, 0) is 31.0 Å². The van der Waals surface area contributed by atoms with Gasteiger partial charge in [-0.1, -0.05) is 31.9 Å². The molecule has 0 saturated carbocycles. The molecule has 124 valence electrons. The van der Waals surface area contributed by atoms with Gasteiger partial charge in [0.1, 0.15) is 6.10 Å². The molecule has 0 unspecified atom stereocenters. The van der Waals surface area contributed by atoms with Gasteiger partial charge in [0.15, 0.2) is 5.60 Å². The number of anilines is 1. The molecule has 1 aromatic carbocycles. The molecule has 0 aromatic heterocycles. The Bertz CT molecular complexity index is 681. The molecule has 1 heterocycles. The van der Waals surface area contributed by atoms with Crippen LogP contribution in [-0.2, 0) is 15.1 Å². The largest absolute Gasteiger partial charge is 0.422 e. The number of ether oxygens (including phenoxy) is 1. The molecular formula is C16H15ClF3NO2. The standard InChI is InChI=1S/C16H15ClF3NO2/c1-5-21-13-7-6-11(17)8-12(13)15(9(2)3,16(18,19)20)23-10(4)14(21)22/h1,6-10H,2-4H3/t10-,15-/m0/s1. The fourth-order valence-electron chi connectivity index (χ4n) is 2.82. The average molecular weight is 346 g/mol. The zero-order valence-electron chi connectivity index (χ0n) is 12.7. The smallest absolute Gasteiger partial charge is 0.348 e. The van der Waals surface area contributed by atoms with Gasteiger partial charge >= 0.3 is 6.18 Å². The van der Waals surface area contributed by atoms with Gasteiger partial charge in [-0.3, -0.25) is 4.79 Å². The number of nitrogens with zero attached hydrogens (tertiary/aromatic N) is 1. The highest BCUT2D eigenvalue weighted by Gasteiger charge is 2.63. The van der Waals surface area contributed by atoms with Crippen molar-refractivity contribution >= 4 is 23.2 Å². The fourth-order valence-corrected chi connectivity index (χ4v) is 2.99. The summed E-state index contributed by atoms with van der Waals surface area (Å²) < 4.78 is 47.3. The molecule has 0 bridgehead atoms. The Balaban J connectivity index is 2.91. The molecule has 0 fully saturated rings. The van der Waals surface area contributed by atoms with Crippen LogP contribution in [0.4, 0.5) is 18.9 Å². The normalized spacial score (nSPS) is 25.1. The summed E-state index contributed by atoms with van der Waals surface area (Å²) in [7, 11) is 0. The van der Waals surface area contributed by atoms with E-state index in [1.165, 1.54) is 32.9 Å². The van der Waals surface area contributed by atoms with Crippen LogP contribution >= 0.6 is 11.6 Å². The maximum absolute atomic E-state index is 14.0. The van der Waals surface area contributed by atoms with E-state index in [4.69, 9.17) is 22.8 Å². The van der Waals surface area contributed by atoms with Crippen LogP contribution in [0.15, 0.2) is 18.2 Å². The number of carbonyl (C=O) groups is 1. The predicted octanol–water partition coefficient (Wildman–Crippen LogP) is 4.10. The second-order valence-corrected chi connectivity index (χ2v) is 6.05. The summed E-state index contributed by atoms with van der Waals surface area (Å²) in [6.07, 6.45) is -0.787. The Kier molecular flexibility index (Phi) is 4.40. The van der Waals surface area contributed by atoms with E-state index in [0.717, 1.165) is 11.0 Å². The zero-order chi connectivity index (χ0) is 17.6. The summed E-state index contributed by atoms with van der Waals surface area (Å²) in [6, 6.07) is 5.96. The first-order chi connectivity index (χ1) is 10.6. The molecule has 2 atom stereocenters. The molecule has 7 heteroatoms. The van der Waals surface area contributed by atoms with Gasteiger partial charge in [0.2, 0.25) is 0 Å². The average Bonchev–Trinajstić information content (AvgIpc) is 2.53. The Hall–Kier alpha value is -1.71. The van der Waals surface area contributed by atoms with Crippen molar-refractivity contribution in [3.8, 4) is 12.5 Å². The molecule has 1 aromatic rings. The molecule has 23 heavy (non-hydrogen) atoms. The number of carbonyl (C=O) groups excluding carboxylic acids is 1. The third kappa shape index (κ3) is 2.58. The second kappa shape index (κ2) is 5.73. The number of amides is 1. The van der Waals surface area contributed by atoms with Gasteiger partial charge in [0, 0.05) is 16.6 Å². The van der Waals surface area contributed by atoms with Crippen molar-refractivity contribution in [1.82, 2.24) is 0 Å². The van der Waals surface area contributed by atoms with Crippen LogP contribution in [0.3, 0.4) is 0 Å². The van der Waals surface area contributed by atoms with E-state index in [0.29, 0.717) is 0 Å². The Labute approximate surface area is 137 Å². The highest BCUT2D eigenvalue weighted by molar-refractivity contribution is 6.30. The lowest BCUT2D eigenvalue weighted by atomic mass is 9.81. The van der Waals surface area contributed by atoms with Crippen molar-refractivity contribution in [3.63, 3.8) is 0 Å². The van der Waals surface area contributed by atoms with E-state index in [9.17, 15) is 18.0 Å². The lowest BCUT2D eigenvalue weighted by Gasteiger charge is -2.40. The first-order valence-electron chi connectivity index (χ1n) is 6.91. The Morgan fingerprint density at radius 3 is 2.52 bits per heavy atom. The van der Waals surface area contributed by atoms with Crippen LogP contribution in [0, 0.1) is 18.4 Å². The number of hydrogen-bond acceptors (Lipinski definition) is 2. The number of rotatable bonds is 1. The van der Waals surface area contributed by atoms with Gasteiger partial charge in [-0.2, -0.15) is 13.2 Å². The topological polar surface area (TPSA) is 29.5 Å². The van der Waals surface area contributed by atoms with E-state index >= 15 is 0 Å². The van der Waals surface area contributed by atoms with Crippen LogP contribution < -0.4 is 4.90 Å². The highest BCUT2D eigenvalue weighted by atomic mass is 35.5. The van der Waals surface area contributed by atoms with Crippen LogP contribution in [0.5, 0.6) is 0 Å². The molecular weight excluding hydrogens is 331 g/mol. The number of hydrogen-bond donors (Lipinski definition) is 0. The number of alkyl halides is 3. The van der Waals surface area contributed by atoms with Crippen LogP contribution in [0.1, 0.15) is 26.3 Å². The summed E-state index contributed by atoms with van der Waals surface area (Å²) >= 11 is 5.90. The number of fused-ring (bicyclic) bond motifs is 1. The molecule has 0 radical (unpaired) electrons. The predicted molar refractivity (Wildman–Crippen MR) is 80.9 cm³/mol. The quantitative estimate of drug-likeness (QED) is 0.717. The number of halogens is 4. The summed E-state index contributed by atoms with van der Waals surface area (Å²) in [6.45, 7) is 4.00. The van der Waals surface area contributed by atoms with E-state index in [-0.39, 0.29) is 16.3 Å². The summed E-state index contributed by atoms with van der Waals surface area (Å²) in [4.78, 5) is 13.2. The third-order valence-electron chi connectivity index (χ3n) is 3.89. The minimum absolute atomic E-state index is 0.0442. The first kappa shape index (κ1) is 17.6. The lowest BCUT2D eigenvalue weighted by Crippen LogP contribution is -2.51. The molecule has 3 nitrogen and oxygen atoms in total. The molecule has 1 aliphatic heterocycles. The van der Waals surface area contributed by atoms with Gasteiger partial charge < -0.3 is 4.74 Å². The van der Waals surface area contributed by atoms with Crippen molar-refractivity contribution in [2.45, 2.75) is 38.7 Å². The first-order valence-corrected chi connectivity index (χ1v) is 7.28. The molecule has 2 rings (SSSR count). The summed E-state index contributed by atoms with van der Waals surface area (Å²) in [5, 5.41) is 0.0978. The summed E-state index contributed by atoms with van der Waals surface area (Å²) in [5.74, 6) is -1.74. The van der Waals surface area contributed by atoms with Crippen LogP contribution in [0.25, 0.3) is 0 Å². The fraction of sp³-hybridized carbons (Fsp3) is 0.438. The Morgan fingerprint density at radius 1 is 1.43 bits per heavy atom. The zero-order valence-corrected chi connectivity index (χ0v) is 13.5. The van der Waals surface area contributed by atoms with Crippen molar-refractivity contribution in [1.29, 1.82) is 0 Å². The van der Waals surface area contributed by atoms with Crippen LogP contribution in [-0.4, -0.2) is 18.2 Å². The monoisotopic (exact) mass is 345 g/mol. The molecule has 0 N–H and O–H groups in total. The van der Waals surface area contributed by atoms with Gasteiger partial charge in [0.25, 0.3) is 5.91 Å². The third-order valence-corrected chi connectivity index (χ3v) is 4.13. The van der Waals surface area contributed by atoms with E-state index in [1.807, 2.05) is 0 Å². The minimum Gasteiger partial charge on any atom is -0.348 e. The molecule has 1 aliphatic rings. The highest BCUT2D eigenvalue weighted by Crippen LogP contribution is 2.53. The van der Waals surface area contributed by atoms with Gasteiger partial charge in [-0.25, -0.2) is 4.90 Å². The van der Waals surface area contributed by atoms with Crippen molar-refractivity contribution in [2.75, 3.05) is 4.90 Å². The maximum Gasteiger partial charge on any atom is 0.422 e. The molecule has 0 spiro atoms.